The van der Waals surface area contributed by atoms with Gasteiger partial charge >= 0.3 is 0 Å². The molecule has 3 nitrogen and oxygen atoms in total. The molecule has 1 fully saturated rings. The summed E-state index contributed by atoms with van der Waals surface area (Å²) in [6.45, 7) is 0.730. The standard InChI is InChI=1S/C15H20N2OS2/c18-15(13-9-19-10-17-13)16-6-5-11-3-4-14-12(8-11)2-1-7-20-14/h3-4,8,13,17H,1-2,5-7,9-10H2,(H,16,18). The summed E-state index contributed by atoms with van der Waals surface area (Å²) in [5.74, 6) is 3.17. The van der Waals surface area contributed by atoms with Crippen LogP contribution in [0.2, 0.25) is 0 Å². The maximum Gasteiger partial charge on any atom is 0.238 e. The Balaban J connectivity index is 1.49. The van der Waals surface area contributed by atoms with Crippen molar-refractivity contribution < 1.29 is 4.79 Å². The molecular weight excluding hydrogens is 288 g/mol. The number of benzene rings is 1. The van der Waals surface area contributed by atoms with Crippen molar-refractivity contribution in [1.82, 2.24) is 10.6 Å². The SMILES string of the molecule is O=C(NCCc1ccc2c(c1)CCCS2)C1CSCN1. The van der Waals surface area contributed by atoms with Gasteiger partial charge in [0.2, 0.25) is 5.91 Å². The van der Waals surface area contributed by atoms with Crippen molar-refractivity contribution in [3.63, 3.8) is 0 Å². The fourth-order valence-corrected chi connectivity index (χ4v) is 4.55. The molecule has 1 amide bonds. The number of hydrogen-bond donors (Lipinski definition) is 2. The predicted molar refractivity (Wildman–Crippen MR) is 86.4 cm³/mol. The molecule has 5 heteroatoms. The molecule has 1 unspecified atom stereocenters. The summed E-state index contributed by atoms with van der Waals surface area (Å²) >= 11 is 3.74. The molecule has 0 aromatic heterocycles. The second-order valence-electron chi connectivity index (χ2n) is 5.21. The number of amides is 1. The van der Waals surface area contributed by atoms with Crippen LogP contribution in [0.4, 0.5) is 0 Å². The lowest BCUT2D eigenvalue weighted by molar-refractivity contribution is -0.122. The zero-order valence-electron chi connectivity index (χ0n) is 11.5. The lowest BCUT2D eigenvalue weighted by Crippen LogP contribution is -2.42. The van der Waals surface area contributed by atoms with Crippen LogP contribution in [0.25, 0.3) is 0 Å². The third kappa shape index (κ3) is 3.51. The van der Waals surface area contributed by atoms with Crippen molar-refractivity contribution in [2.75, 3.05) is 23.9 Å². The molecule has 2 heterocycles. The van der Waals surface area contributed by atoms with E-state index in [-0.39, 0.29) is 11.9 Å². The van der Waals surface area contributed by atoms with Crippen molar-refractivity contribution in [3.05, 3.63) is 29.3 Å². The van der Waals surface area contributed by atoms with Gasteiger partial charge in [-0.15, -0.1) is 23.5 Å². The third-order valence-corrected chi connectivity index (χ3v) is 5.86. The molecule has 2 aliphatic heterocycles. The van der Waals surface area contributed by atoms with Crippen molar-refractivity contribution in [2.24, 2.45) is 0 Å². The molecule has 1 atom stereocenters. The van der Waals surface area contributed by atoms with Gasteiger partial charge in [0.05, 0.1) is 6.04 Å². The van der Waals surface area contributed by atoms with E-state index >= 15 is 0 Å². The third-order valence-electron chi connectivity index (χ3n) is 3.72. The van der Waals surface area contributed by atoms with Crippen molar-refractivity contribution in [1.29, 1.82) is 0 Å². The summed E-state index contributed by atoms with van der Waals surface area (Å²) in [6.07, 6.45) is 3.40. The van der Waals surface area contributed by atoms with E-state index in [1.54, 1.807) is 11.8 Å². The number of thioether (sulfide) groups is 2. The Labute approximate surface area is 128 Å². The number of fused-ring (bicyclic) bond motifs is 1. The fraction of sp³-hybridized carbons (Fsp3) is 0.533. The quantitative estimate of drug-likeness (QED) is 0.893. The van der Waals surface area contributed by atoms with Gasteiger partial charge in [0.15, 0.2) is 0 Å². The highest BCUT2D eigenvalue weighted by atomic mass is 32.2. The molecule has 0 saturated carbocycles. The van der Waals surface area contributed by atoms with Gasteiger partial charge in [-0.25, -0.2) is 0 Å². The van der Waals surface area contributed by atoms with Crippen LogP contribution in [0.3, 0.4) is 0 Å². The predicted octanol–water partition coefficient (Wildman–Crippen LogP) is 2.05. The van der Waals surface area contributed by atoms with Gasteiger partial charge in [-0.2, -0.15) is 0 Å². The zero-order valence-corrected chi connectivity index (χ0v) is 13.1. The van der Waals surface area contributed by atoms with Crippen LogP contribution >= 0.6 is 23.5 Å². The Morgan fingerprint density at radius 1 is 1.45 bits per heavy atom. The maximum atomic E-state index is 11.9. The maximum absolute atomic E-state index is 11.9. The molecule has 2 aliphatic rings. The van der Waals surface area contributed by atoms with Gasteiger partial charge in [-0.3, -0.25) is 10.1 Å². The molecule has 20 heavy (non-hydrogen) atoms. The first-order valence-electron chi connectivity index (χ1n) is 7.16. The number of aryl methyl sites for hydroxylation is 1. The second-order valence-corrected chi connectivity index (χ2v) is 7.37. The second kappa shape index (κ2) is 6.87. The Kier molecular flexibility index (Phi) is 4.91. The highest BCUT2D eigenvalue weighted by molar-refractivity contribution is 7.99. The summed E-state index contributed by atoms with van der Waals surface area (Å²) in [5.41, 5.74) is 2.82. The van der Waals surface area contributed by atoms with Crippen LogP contribution in [0.5, 0.6) is 0 Å². The van der Waals surface area contributed by atoms with E-state index in [2.05, 4.69) is 28.8 Å². The molecule has 0 radical (unpaired) electrons. The first-order valence-corrected chi connectivity index (χ1v) is 9.30. The number of carbonyl (C=O) groups excluding carboxylic acids is 1. The molecule has 0 spiro atoms. The average molecular weight is 308 g/mol. The van der Waals surface area contributed by atoms with Gasteiger partial charge in [0, 0.05) is 23.1 Å². The van der Waals surface area contributed by atoms with Gasteiger partial charge in [-0.1, -0.05) is 12.1 Å². The highest BCUT2D eigenvalue weighted by Gasteiger charge is 2.21. The molecule has 3 rings (SSSR count). The van der Waals surface area contributed by atoms with Crippen LogP contribution < -0.4 is 10.6 Å². The van der Waals surface area contributed by atoms with E-state index < -0.39 is 0 Å². The minimum Gasteiger partial charge on any atom is -0.354 e. The van der Waals surface area contributed by atoms with E-state index in [9.17, 15) is 4.79 Å². The van der Waals surface area contributed by atoms with Crippen LogP contribution in [-0.2, 0) is 17.6 Å². The van der Waals surface area contributed by atoms with E-state index in [1.165, 1.54) is 34.6 Å². The number of rotatable bonds is 4. The van der Waals surface area contributed by atoms with Crippen molar-refractivity contribution >= 4 is 29.4 Å². The van der Waals surface area contributed by atoms with Crippen LogP contribution in [0, 0.1) is 0 Å². The summed E-state index contributed by atoms with van der Waals surface area (Å²) in [7, 11) is 0. The van der Waals surface area contributed by atoms with E-state index in [4.69, 9.17) is 0 Å². The summed E-state index contributed by atoms with van der Waals surface area (Å²) < 4.78 is 0. The highest BCUT2D eigenvalue weighted by Crippen LogP contribution is 2.30. The Morgan fingerprint density at radius 2 is 2.40 bits per heavy atom. The van der Waals surface area contributed by atoms with E-state index in [0.29, 0.717) is 0 Å². The Morgan fingerprint density at radius 3 is 3.25 bits per heavy atom. The van der Waals surface area contributed by atoms with Gasteiger partial charge in [-0.05, 0) is 42.2 Å². The summed E-state index contributed by atoms with van der Waals surface area (Å²) in [6, 6.07) is 6.76. The van der Waals surface area contributed by atoms with Gasteiger partial charge in [0.25, 0.3) is 0 Å². The largest absolute Gasteiger partial charge is 0.354 e. The zero-order chi connectivity index (χ0) is 13.8. The monoisotopic (exact) mass is 308 g/mol. The molecule has 1 aromatic rings. The van der Waals surface area contributed by atoms with E-state index in [0.717, 1.165) is 24.6 Å². The molecule has 0 aliphatic carbocycles. The lowest BCUT2D eigenvalue weighted by Gasteiger charge is -2.16. The van der Waals surface area contributed by atoms with Gasteiger partial charge < -0.3 is 5.32 Å². The van der Waals surface area contributed by atoms with Crippen LogP contribution in [-0.4, -0.2) is 35.9 Å². The lowest BCUT2D eigenvalue weighted by atomic mass is 10.0. The molecule has 108 valence electrons. The fourth-order valence-electron chi connectivity index (χ4n) is 2.59. The van der Waals surface area contributed by atoms with Gasteiger partial charge in [0.1, 0.15) is 0 Å². The molecule has 1 saturated heterocycles. The smallest absolute Gasteiger partial charge is 0.238 e. The van der Waals surface area contributed by atoms with Crippen LogP contribution in [0.15, 0.2) is 23.1 Å². The average Bonchev–Trinajstić information content (AvgIpc) is 3.01. The molecule has 2 N–H and O–H groups in total. The minimum atomic E-state index is -0.0000621. The Bertz CT molecular complexity index is 487. The van der Waals surface area contributed by atoms with E-state index in [1.807, 2.05) is 11.8 Å². The summed E-state index contributed by atoms with van der Waals surface area (Å²) in [5, 5.41) is 6.23. The normalized spacial score (nSPS) is 21.5. The molecule has 1 aromatic carbocycles. The number of hydrogen-bond acceptors (Lipinski definition) is 4. The van der Waals surface area contributed by atoms with Crippen LogP contribution in [0.1, 0.15) is 17.5 Å². The first-order chi connectivity index (χ1) is 9.83. The number of nitrogens with one attached hydrogen (secondary N) is 2. The summed E-state index contributed by atoms with van der Waals surface area (Å²) in [4.78, 5) is 13.3. The molecular formula is C15H20N2OS2. The first kappa shape index (κ1) is 14.3. The minimum absolute atomic E-state index is 0.0000621. The van der Waals surface area contributed by atoms with Crippen molar-refractivity contribution in [2.45, 2.75) is 30.2 Å². The van der Waals surface area contributed by atoms with Crippen molar-refractivity contribution in [3.8, 4) is 0 Å². The number of carbonyl (C=O) groups is 1. The topological polar surface area (TPSA) is 41.1 Å². The molecule has 0 bridgehead atoms. The Hall–Kier alpha value is -0.650.